The van der Waals surface area contributed by atoms with Gasteiger partial charge in [0.25, 0.3) is 0 Å². The van der Waals surface area contributed by atoms with Gasteiger partial charge in [0.15, 0.2) is 0 Å². The number of nitrogens with zero attached hydrogens (tertiary/aromatic N) is 3. The first-order valence-electron chi connectivity index (χ1n) is 13.5. The molecule has 1 aliphatic heterocycles. The third-order valence-corrected chi connectivity index (χ3v) is 9.11. The van der Waals surface area contributed by atoms with Crippen LogP contribution in [0.5, 0.6) is 0 Å². The average Bonchev–Trinajstić information content (AvgIpc) is 3.38. The highest BCUT2D eigenvalue weighted by atomic mass is 35.5. The molecule has 1 atom stereocenters. The number of imidazole rings is 1. The number of piperidine rings is 1. The van der Waals surface area contributed by atoms with E-state index in [-0.39, 0.29) is 16.9 Å². The van der Waals surface area contributed by atoms with E-state index in [2.05, 4.69) is 35.3 Å². The molecule has 0 radical (unpaired) electrons. The van der Waals surface area contributed by atoms with Gasteiger partial charge in [-0.3, -0.25) is 0 Å². The number of carbonyl (C=O) groups is 1. The molecule has 2 fully saturated rings. The average molecular weight is 574 g/mol. The van der Waals surface area contributed by atoms with Crippen molar-refractivity contribution in [3.63, 3.8) is 0 Å². The number of nitriles is 1. The van der Waals surface area contributed by atoms with Crippen molar-refractivity contribution in [2.75, 3.05) is 13.1 Å². The summed E-state index contributed by atoms with van der Waals surface area (Å²) in [6, 6.07) is 22.1. The van der Waals surface area contributed by atoms with E-state index in [1.807, 2.05) is 56.0 Å². The normalized spacial score (nSPS) is 19.9. The molecule has 6 rings (SSSR count). The highest BCUT2D eigenvalue weighted by Gasteiger charge is 2.70. The Morgan fingerprint density at radius 3 is 2.40 bits per heavy atom. The van der Waals surface area contributed by atoms with Crippen LogP contribution in [-0.2, 0) is 10.2 Å². The first-order chi connectivity index (χ1) is 19.0. The molecule has 1 saturated carbocycles. The van der Waals surface area contributed by atoms with E-state index >= 15 is 0 Å². The number of benzene rings is 3. The number of ether oxygens (including phenoxy) is 1. The molecule has 3 aromatic carbocycles. The number of H-pyrrole nitrogens is 1. The van der Waals surface area contributed by atoms with Gasteiger partial charge in [-0.1, -0.05) is 59.6 Å². The predicted molar refractivity (Wildman–Crippen MR) is 158 cm³/mol. The molecule has 1 amide bonds. The van der Waals surface area contributed by atoms with Crippen molar-refractivity contribution in [3.8, 4) is 17.2 Å². The number of nitrogens with one attached hydrogen (secondary N) is 1. The monoisotopic (exact) mass is 572 g/mol. The van der Waals surface area contributed by atoms with Crippen LogP contribution in [0.3, 0.4) is 0 Å². The van der Waals surface area contributed by atoms with Gasteiger partial charge < -0.3 is 14.6 Å². The van der Waals surface area contributed by atoms with E-state index < -0.39 is 5.60 Å². The Morgan fingerprint density at radius 1 is 1.02 bits per heavy atom. The number of aromatic amines is 1. The summed E-state index contributed by atoms with van der Waals surface area (Å²) < 4.78 is 5.64. The molecule has 8 heteroatoms. The fourth-order valence-corrected chi connectivity index (χ4v) is 6.63. The first-order valence-corrected chi connectivity index (χ1v) is 14.2. The Bertz CT molecular complexity index is 1620. The minimum atomic E-state index is -0.527. The molecule has 2 heterocycles. The van der Waals surface area contributed by atoms with Crippen molar-refractivity contribution in [2.45, 2.75) is 51.0 Å². The number of amides is 1. The van der Waals surface area contributed by atoms with E-state index in [0.29, 0.717) is 28.7 Å². The second kappa shape index (κ2) is 9.54. The second-order valence-electron chi connectivity index (χ2n) is 12.0. The highest BCUT2D eigenvalue weighted by Crippen LogP contribution is 2.72. The van der Waals surface area contributed by atoms with Crippen molar-refractivity contribution in [2.24, 2.45) is 5.41 Å². The van der Waals surface area contributed by atoms with Crippen LogP contribution in [0.4, 0.5) is 4.79 Å². The van der Waals surface area contributed by atoms with Crippen LogP contribution in [0.15, 0.2) is 60.7 Å². The van der Waals surface area contributed by atoms with Gasteiger partial charge in [0.1, 0.15) is 11.4 Å². The SMILES string of the molecule is CC(C)(C)OC(=O)N1CCC2(CC1)CC2(c1ccc(-c2cccc(C#N)c2)cc1)c1nc2cc(Cl)c(Cl)cc2[nH]1. The van der Waals surface area contributed by atoms with E-state index in [1.54, 1.807) is 6.07 Å². The molecule has 1 spiro atoms. The number of carbonyl (C=O) groups excluding carboxylic acids is 1. The number of aromatic nitrogens is 2. The molecule has 6 nitrogen and oxygen atoms in total. The maximum absolute atomic E-state index is 12.8. The third kappa shape index (κ3) is 4.52. The van der Waals surface area contributed by atoms with E-state index in [0.717, 1.165) is 47.2 Å². The lowest BCUT2D eigenvalue weighted by Gasteiger charge is -2.36. The maximum Gasteiger partial charge on any atom is 0.410 e. The number of hydrogen-bond acceptors (Lipinski definition) is 4. The van der Waals surface area contributed by atoms with Crippen LogP contribution >= 0.6 is 23.2 Å². The summed E-state index contributed by atoms with van der Waals surface area (Å²) in [5.41, 5.74) is 4.58. The zero-order chi connectivity index (χ0) is 28.3. The summed E-state index contributed by atoms with van der Waals surface area (Å²) in [6.07, 6.45) is 2.35. The van der Waals surface area contributed by atoms with Crippen LogP contribution in [-0.4, -0.2) is 39.7 Å². The molecule has 1 N–H and O–H groups in total. The van der Waals surface area contributed by atoms with Crippen molar-refractivity contribution < 1.29 is 9.53 Å². The van der Waals surface area contributed by atoms with Gasteiger partial charge in [0.05, 0.1) is 38.1 Å². The zero-order valence-corrected chi connectivity index (χ0v) is 24.2. The standard InChI is InChI=1S/C32H30Cl2N4O2/c1-30(2,3)40-29(39)38-13-11-31(12-14-38)19-32(31,28-36-26-16-24(33)25(34)17-27(26)37-28)23-9-7-21(8-10-23)22-6-4-5-20(15-22)18-35/h4-10,15-17H,11-14,19H2,1-3H3,(H,36,37). The number of hydrogen-bond donors (Lipinski definition) is 1. The Hall–Kier alpha value is -3.53. The van der Waals surface area contributed by atoms with Gasteiger partial charge in [-0.05, 0) is 86.4 Å². The Kier molecular flexibility index (Phi) is 6.36. The van der Waals surface area contributed by atoms with Crippen LogP contribution in [0.1, 0.15) is 57.0 Å². The van der Waals surface area contributed by atoms with Crippen molar-refractivity contribution in [1.29, 1.82) is 5.26 Å². The Balaban J connectivity index is 1.37. The summed E-state index contributed by atoms with van der Waals surface area (Å²) >= 11 is 12.6. The lowest BCUT2D eigenvalue weighted by Crippen LogP contribution is -2.43. The topological polar surface area (TPSA) is 82.0 Å². The van der Waals surface area contributed by atoms with Gasteiger partial charge in [0.2, 0.25) is 0 Å². The van der Waals surface area contributed by atoms with Crippen molar-refractivity contribution in [1.82, 2.24) is 14.9 Å². The molecule has 0 bridgehead atoms. The molecule has 4 aromatic rings. The molecule has 1 unspecified atom stereocenters. The number of rotatable bonds is 3. The molecular formula is C32H30Cl2N4O2. The second-order valence-corrected chi connectivity index (χ2v) is 12.8. The summed E-state index contributed by atoms with van der Waals surface area (Å²) in [6.45, 7) is 6.94. The number of halogens is 2. The van der Waals surface area contributed by atoms with Crippen LogP contribution < -0.4 is 0 Å². The van der Waals surface area contributed by atoms with Crippen molar-refractivity contribution in [3.05, 3.63) is 87.7 Å². The largest absolute Gasteiger partial charge is 0.444 e. The summed E-state index contributed by atoms with van der Waals surface area (Å²) in [5.74, 6) is 0.894. The number of fused-ring (bicyclic) bond motifs is 1. The minimum absolute atomic E-state index is 0.0464. The molecule has 2 aliphatic rings. The van der Waals surface area contributed by atoms with Gasteiger partial charge in [-0.15, -0.1) is 0 Å². The fourth-order valence-electron chi connectivity index (χ4n) is 6.31. The van der Waals surface area contributed by atoms with Gasteiger partial charge in [-0.2, -0.15) is 5.26 Å². The molecular weight excluding hydrogens is 543 g/mol. The van der Waals surface area contributed by atoms with E-state index in [9.17, 15) is 10.1 Å². The predicted octanol–water partition coefficient (Wildman–Crippen LogP) is 8.12. The van der Waals surface area contributed by atoms with E-state index in [1.165, 1.54) is 5.56 Å². The van der Waals surface area contributed by atoms with Crippen LogP contribution in [0.2, 0.25) is 10.0 Å². The molecule has 1 saturated heterocycles. The maximum atomic E-state index is 12.8. The Morgan fingerprint density at radius 2 is 1.73 bits per heavy atom. The van der Waals surface area contributed by atoms with E-state index in [4.69, 9.17) is 32.9 Å². The van der Waals surface area contributed by atoms with Gasteiger partial charge >= 0.3 is 6.09 Å². The highest BCUT2D eigenvalue weighted by molar-refractivity contribution is 6.42. The smallest absolute Gasteiger partial charge is 0.410 e. The third-order valence-electron chi connectivity index (χ3n) is 8.39. The van der Waals surface area contributed by atoms with Gasteiger partial charge in [-0.25, -0.2) is 9.78 Å². The summed E-state index contributed by atoms with van der Waals surface area (Å²) in [4.78, 5) is 23.2. The van der Waals surface area contributed by atoms with Crippen molar-refractivity contribution >= 4 is 40.3 Å². The number of likely N-dealkylation sites (tertiary alicyclic amines) is 1. The lowest BCUT2D eigenvalue weighted by atomic mass is 9.79. The zero-order valence-electron chi connectivity index (χ0n) is 22.7. The van der Waals surface area contributed by atoms with Crippen LogP contribution in [0.25, 0.3) is 22.2 Å². The molecule has 204 valence electrons. The van der Waals surface area contributed by atoms with Gasteiger partial charge in [0, 0.05) is 13.1 Å². The minimum Gasteiger partial charge on any atom is -0.444 e. The fraction of sp³-hybridized carbons (Fsp3) is 0.344. The summed E-state index contributed by atoms with van der Waals surface area (Å²) in [5, 5.41) is 10.3. The lowest BCUT2D eigenvalue weighted by molar-refractivity contribution is 0.0164. The summed E-state index contributed by atoms with van der Waals surface area (Å²) in [7, 11) is 0. The van der Waals surface area contributed by atoms with Crippen LogP contribution in [0, 0.1) is 16.7 Å². The first kappa shape index (κ1) is 26.7. The molecule has 1 aromatic heterocycles. The Labute approximate surface area is 243 Å². The quantitative estimate of drug-likeness (QED) is 0.268. The molecule has 40 heavy (non-hydrogen) atoms. The molecule has 1 aliphatic carbocycles.